The van der Waals surface area contributed by atoms with Crippen LogP contribution in [0.4, 0.5) is 4.39 Å². The highest BCUT2D eigenvalue weighted by atomic mass is 19.1. The summed E-state index contributed by atoms with van der Waals surface area (Å²) in [4.78, 5) is 11.1. The standard InChI is InChI=1S/C8H14FNO/c1-8(2,3)10-7(11)5-4-6(5)9/h5-6H,4H2,1-3H3,(H,10,11)/t5-,6-/m0/s1. The summed E-state index contributed by atoms with van der Waals surface area (Å²) >= 11 is 0. The van der Waals surface area contributed by atoms with Gasteiger partial charge in [0.1, 0.15) is 6.17 Å². The molecule has 64 valence electrons. The molecule has 0 aliphatic heterocycles. The van der Waals surface area contributed by atoms with Gasteiger partial charge >= 0.3 is 0 Å². The van der Waals surface area contributed by atoms with Crippen molar-refractivity contribution in [1.29, 1.82) is 0 Å². The molecule has 0 bridgehead atoms. The van der Waals surface area contributed by atoms with Crippen LogP contribution in [0.5, 0.6) is 0 Å². The van der Waals surface area contributed by atoms with Gasteiger partial charge in [-0.3, -0.25) is 4.79 Å². The molecule has 0 saturated heterocycles. The third-order valence-electron chi connectivity index (χ3n) is 1.55. The lowest BCUT2D eigenvalue weighted by molar-refractivity contribution is -0.124. The number of alkyl halides is 1. The number of halogens is 1. The van der Waals surface area contributed by atoms with Crippen molar-refractivity contribution >= 4 is 5.91 Å². The number of nitrogens with one attached hydrogen (secondary N) is 1. The molecule has 0 heterocycles. The van der Waals surface area contributed by atoms with Crippen molar-refractivity contribution in [3.63, 3.8) is 0 Å². The van der Waals surface area contributed by atoms with Gasteiger partial charge in [-0.25, -0.2) is 4.39 Å². The molecule has 1 rings (SSSR count). The average Bonchev–Trinajstić information content (AvgIpc) is 2.41. The minimum Gasteiger partial charge on any atom is -0.351 e. The van der Waals surface area contributed by atoms with Crippen LogP contribution in [0.25, 0.3) is 0 Å². The van der Waals surface area contributed by atoms with Crippen molar-refractivity contribution in [3.8, 4) is 0 Å². The van der Waals surface area contributed by atoms with Gasteiger partial charge in [-0.05, 0) is 27.2 Å². The molecule has 1 amide bonds. The molecule has 3 heteroatoms. The van der Waals surface area contributed by atoms with Crippen molar-refractivity contribution in [2.24, 2.45) is 5.92 Å². The highest BCUT2D eigenvalue weighted by Crippen LogP contribution is 2.34. The van der Waals surface area contributed by atoms with Crippen LogP contribution in [0.2, 0.25) is 0 Å². The Balaban J connectivity index is 2.33. The van der Waals surface area contributed by atoms with Crippen molar-refractivity contribution in [2.75, 3.05) is 0 Å². The second kappa shape index (κ2) is 2.47. The maximum atomic E-state index is 12.3. The normalized spacial score (nSPS) is 29.8. The van der Waals surface area contributed by atoms with Crippen LogP contribution in [-0.2, 0) is 4.79 Å². The largest absolute Gasteiger partial charge is 0.351 e. The van der Waals surface area contributed by atoms with Crippen LogP contribution in [0.3, 0.4) is 0 Å². The zero-order valence-electron chi connectivity index (χ0n) is 7.15. The number of amides is 1. The summed E-state index contributed by atoms with van der Waals surface area (Å²) in [7, 11) is 0. The number of carbonyl (C=O) groups excluding carboxylic acids is 1. The third kappa shape index (κ3) is 2.48. The molecule has 0 aromatic carbocycles. The van der Waals surface area contributed by atoms with E-state index >= 15 is 0 Å². The average molecular weight is 159 g/mol. The van der Waals surface area contributed by atoms with Crippen LogP contribution < -0.4 is 5.32 Å². The van der Waals surface area contributed by atoms with E-state index in [0.717, 1.165) is 0 Å². The molecule has 0 radical (unpaired) electrons. The Kier molecular flexibility index (Phi) is 1.90. The van der Waals surface area contributed by atoms with Crippen LogP contribution in [0.1, 0.15) is 27.2 Å². The van der Waals surface area contributed by atoms with E-state index in [2.05, 4.69) is 5.32 Å². The third-order valence-corrected chi connectivity index (χ3v) is 1.55. The van der Waals surface area contributed by atoms with Gasteiger partial charge in [0.25, 0.3) is 0 Å². The van der Waals surface area contributed by atoms with Crippen molar-refractivity contribution < 1.29 is 9.18 Å². The molecule has 1 fully saturated rings. The van der Waals surface area contributed by atoms with Crippen LogP contribution in [0.15, 0.2) is 0 Å². The molecule has 1 aliphatic rings. The van der Waals surface area contributed by atoms with Gasteiger partial charge in [-0.2, -0.15) is 0 Å². The maximum absolute atomic E-state index is 12.3. The summed E-state index contributed by atoms with van der Waals surface area (Å²) in [6, 6.07) is 0. The lowest BCUT2D eigenvalue weighted by Gasteiger charge is -2.20. The fourth-order valence-corrected chi connectivity index (χ4v) is 0.898. The van der Waals surface area contributed by atoms with Crippen molar-refractivity contribution in [1.82, 2.24) is 5.32 Å². The van der Waals surface area contributed by atoms with Crippen molar-refractivity contribution in [2.45, 2.75) is 38.9 Å². The SMILES string of the molecule is CC(C)(C)NC(=O)[C@H]1C[C@@H]1F. The Morgan fingerprint density at radius 3 is 2.27 bits per heavy atom. The van der Waals surface area contributed by atoms with Crippen LogP contribution in [0, 0.1) is 5.92 Å². The Bertz CT molecular complexity index is 173. The summed E-state index contributed by atoms with van der Waals surface area (Å²) < 4.78 is 12.3. The van der Waals surface area contributed by atoms with Crippen LogP contribution in [-0.4, -0.2) is 17.6 Å². The summed E-state index contributed by atoms with van der Waals surface area (Å²) in [5.41, 5.74) is -0.237. The van der Waals surface area contributed by atoms with Gasteiger partial charge in [-0.1, -0.05) is 0 Å². The predicted molar refractivity (Wildman–Crippen MR) is 40.9 cm³/mol. The molecule has 0 unspecified atom stereocenters. The first-order chi connectivity index (χ1) is 4.90. The lowest BCUT2D eigenvalue weighted by Crippen LogP contribution is -2.41. The smallest absolute Gasteiger partial charge is 0.226 e. The molecule has 2 atom stereocenters. The number of rotatable bonds is 1. The lowest BCUT2D eigenvalue weighted by atomic mass is 10.1. The van der Waals surface area contributed by atoms with E-state index < -0.39 is 6.17 Å². The van der Waals surface area contributed by atoms with E-state index in [-0.39, 0.29) is 17.4 Å². The molecule has 11 heavy (non-hydrogen) atoms. The fourth-order valence-electron chi connectivity index (χ4n) is 0.898. The van der Waals surface area contributed by atoms with E-state index in [1.54, 1.807) is 0 Å². The van der Waals surface area contributed by atoms with Gasteiger partial charge in [-0.15, -0.1) is 0 Å². The van der Waals surface area contributed by atoms with Gasteiger partial charge in [0.15, 0.2) is 0 Å². The minimum atomic E-state index is -0.891. The Morgan fingerprint density at radius 1 is 1.55 bits per heavy atom. The Hall–Kier alpha value is -0.600. The van der Waals surface area contributed by atoms with Gasteiger partial charge < -0.3 is 5.32 Å². The first kappa shape index (κ1) is 8.50. The molecule has 0 aromatic heterocycles. The van der Waals surface area contributed by atoms with Crippen molar-refractivity contribution in [3.05, 3.63) is 0 Å². The zero-order chi connectivity index (χ0) is 8.65. The minimum absolute atomic E-state index is 0.148. The summed E-state index contributed by atoms with van der Waals surface area (Å²) in [5, 5.41) is 2.73. The summed E-state index contributed by atoms with van der Waals surface area (Å²) in [5.74, 6) is -0.515. The Morgan fingerprint density at radius 2 is 2.00 bits per heavy atom. The fraction of sp³-hybridized carbons (Fsp3) is 0.875. The monoisotopic (exact) mass is 159 g/mol. The molecule has 0 aromatic rings. The van der Waals surface area contributed by atoms with E-state index in [1.165, 1.54) is 0 Å². The van der Waals surface area contributed by atoms with Crippen LogP contribution >= 0.6 is 0 Å². The first-order valence-corrected chi connectivity index (χ1v) is 3.86. The Labute approximate surface area is 66.2 Å². The molecule has 0 spiro atoms. The summed E-state index contributed by atoms with van der Waals surface area (Å²) in [6.45, 7) is 5.67. The highest BCUT2D eigenvalue weighted by Gasteiger charge is 2.44. The molecule has 2 nitrogen and oxygen atoms in total. The second-order valence-corrected chi connectivity index (χ2v) is 4.10. The number of carbonyl (C=O) groups is 1. The van der Waals surface area contributed by atoms with E-state index in [9.17, 15) is 9.18 Å². The molecule has 1 N–H and O–H groups in total. The molecular weight excluding hydrogens is 145 g/mol. The predicted octanol–water partition coefficient (Wildman–Crippen LogP) is 1.26. The number of hydrogen-bond donors (Lipinski definition) is 1. The van der Waals surface area contributed by atoms with E-state index in [4.69, 9.17) is 0 Å². The zero-order valence-corrected chi connectivity index (χ0v) is 7.15. The van der Waals surface area contributed by atoms with E-state index in [1.807, 2.05) is 20.8 Å². The maximum Gasteiger partial charge on any atom is 0.226 e. The van der Waals surface area contributed by atoms with E-state index in [0.29, 0.717) is 6.42 Å². The second-order valence-electron chi connectivity index (χ2n) is 4.10. The van der Waals surface area contributed by atoms with Gasteiger partial charge in [0, 0.05) is 5.54 Å². The molecule has 1 aliphatic carbocycles. The topological polar surface area (TPSA) is 29.1 Å². The first-order valence-electron chi connectivity index (χ1n) is 3.86. The molecule has 1 saturated carbocycles. The van der Waals surface area contributed by atoms with Gasteiger partial charge in [0.05, 0.1) is 5.92 Å². The number of hydrogen-bond acceptors (Lipinski definition) is 1. The summed E-state index contributed by atoms with van der Waals surface area (Å²) in [6.07, 6.45) is -0.487. The highest BCUT2D eigenvalue weighted by molar-refractivity contribution is 5.82. The van der Waals surface area contributed by atoms with Gasteiger partial charge in [0.2, 0.25) is 5.91 Å². The quantitative estimate of drug-likeness (QED) is 0.613. The molecular formula is C8H14FNO.